The van der Waals surface area contributed by atoms with Crippen LogP contribution in [0.25, 0.3) is 0 Å². The molecule has 27 heavy (non-hydrogen) atoms. The predicted octanol–water partition coefficient (Wildman–Crippen LogP) is 2.28. The van der Waals surface area contributed by atoms with E-state index in [4.69, 9.17) is 9.47 Å². The number of alkyl carbamates (subject to hydrolysis) is 1. The van der Waals surface area contributed by atoms with Gasteiger partial charge in [-0.3, -0.25) is 14.8 Å². The van der Waals surface area contributed by atoms with Gasteiger partial charge in [0.2, 0.25) is 0 Å². The Kier molecular flexibility index (Phi) is 8.39. The number of amides is 2. The molecule has 0 aromatic carbocycles. The summed E-state index contributed by atoms with van der Waals surface area (Å²) < 4.78 is 11.2. The van der Waals surface area contributed by atoms with Gasteiger partial charge in [-0.1, -0.05) is 15.9 Å². The van der Waals surface area contributed by atoms with Crippen LogP contribution in [0.2, 0.25) is 0 Å². The van der Waals surface area contributed by atoms with Crippen LogP contribution in [0.5, 0.6) is 0 Å². The van der Waals surface area contributed by atoms with Gasteiger partial charge in [-0.05, 0) is 40.5 Å². The lowest BCUT2D eigenvalue weighted by atomic mass is 10.1. The Balaban J connectivity index is 2.23. The molecule has 8 nitrogen and oxygen atoms in total. The summed E-state index contributed by atoms with van der Waals surface area (Å²) in [4.78, 5) is 30.1. The molecule has 2 amide bonds. The number of halogens is 1. The fraction of sp³-hybridized carbons (Fsp3) is 0.824. The first-order chi connectivity index (χ1) is 12.7. The quantitative estimate of drug-likeness (QED) is 0.462. The van der Waals surface area contributed by atoms with E-state index in [0.29, 0.717) is 18.2 Å². The molecule has 1 unspecified atom stereocenters. The summed E-state index contributed by atoms with van der Waals surface area (Å²) in [5.41, 5.74) is 2.43. The summed E-state index contributed by atoms with van der Waals surface area (Å²) in [5, 5.41) is 4.98. The van der Waals surface area contributed by atoms with Crippen molar-refractivity contribution < 1.29 is 19.1 Å². The zero-order valence-electron chi connectivity index (χ0n) is 16.3. The van der Waals surface area contributed by atoms with Crippen LogP contribution >= 0.6 is 27.7 Å². The molecule has 0 aliphatic carbocycles. The lowest BCUT2D eigenvalue weighted by Crippen LogP contribution is -2.61. The van der Waals surface area contributed by atoms with Crippen LogP contribution in [0.15, 0.2) is 4.99 Å². The molecule has 0 spiro atoms. The van der Waals surface area contributed by atoms with Crippen molar-refractivity contribution in [1.82, 2.24) is 15.8 Å². The first-order valence-corrected chi connectivity index (χ1v) is 11.1. The Morgan fingerprint density at radius 3 is 2.70 bits per heavy atom. The first kappa shape index (κ1) is 22.4. The summed E-state index contributed by atoms with van der Waals surface area (Å²) in [7, 11) is 0. The van der Waals surface area contributed by atoms with Gasteiger partial charge in [-0.25, -0.2) is 10.2 Å². The third kappa shape index (κ3) is 6.92. The molecule has 3 atom stereocenters. The monoisotopic (exact) mass is 464 g/mol. The number of hydrogen-bond donors (Lipinski definition) is 2. The van der Waals surface area contributed by atoms with E-state index >= 15 is 0 Å². The number of alkyl halides is 1. The molecule has 0 aromatic rings. The fourth-order valence-electron chi connectivity index (χ4n) is 2.76. The van der Waals surface area contributed by atoms with Crippen molar-refractivity contribution in [3.63, 3.8) is 0 Å². The van der Waals surface area contributed by atoms with Gasteiger partial charge in [0.1, 0.15) is 27.7 Å². The molecule has 2 N–H and O–H groups in total. The number of carbonyl (C=O) groups excluding carboxylic acids is 2. The molecule has 1 saturated heterocycles. The first-order valence-electron chi connectivity index (χ1n) is 9.22. The van der Waals surface area contributed by atoms with E-state index in [1.165, 1.54) is 11.8 Å². The summed E-state index contributed by atoms with van der Waals surface area (Å²) in [5.74, 6) is 0.508. The number of thioether (sulfide) groups is 1. The van der Waals surface area contributed by atoms with Crippen LogP contribution in [0.3, 0.4) is 0 Å². The van der Waals surface area contributed by atoms with E-state index in [1.807, 2.05) is 6.92 Å². The van der Waals surface area contributed by atoms with E-state index in [0.717, 1.165) is 25.1 Å². The topological polar surface area (TPSA) is 92.3 Å². The number of carbonyl (C=O) groups is 2. The van der Waals surface area contributed by atoms with E-state index in [1.54, 1.807) is 25.8 Å². The average molecular weight is 465 g/mol. The lowest BCUT2D eigenvalue weighted by Gasteiger charge is -2.34. The van der Waals surface area contributed by atoms with Crippen molar-refractivity contribution >= 4 is 44.7 Å². The maximum atomic E-state index is 13.2. The highest BCUT2D eigenvalue weighted by atomic mass is 79.9. The molecule has 2 rings (SSSR count). The van der Waals surface area contributed by atoms with Gasteiger partial charge >= 0.3 is 6.09 Å². The number of hydrogen-bond acceptors (Lipinski definition) is 7. The van der Waals surface area contributed by atoms with Crippen LogP contribution in [0.4, 0.5) is 4.79 Å². The van der Waals surface area contributed by atoms with E-state index < -0.39 is 23.8 Å². The number of nitrogens with one attached hydrogen (secondary N) is 2. The smallest absolute Gasteiger partial charge is 0.408 e. The molecule has 2 aliphatic rings. The van der Waals surface area contributed by atoms with Gasteiger partial charge in [-0.15, -0.1) is 11.8 Å². The maximum Gasteiger partial charge on any atom is 0.408 e. The molecule has 154 valence electrons. The van der Waals surface area contributed by atoms with Gasteiger partial charge < -0.3 is 14.8 Å². The van der Waals surface area contributed by atoms with Crippen LogP contribution in [0.1, 0.15) is 40.5 Å². The van der Waals surface area contributed by atoms with Gasteiger partial charge in [0.15, 0.2) is 0 Å². The Labute approximate surface area is 173 Å². The van der Waals surface area contributed by atoms with Crippen molar-refractivity contribution in [2.45, 2.75) is 63.2 Å². The number of nitrogens with zero attached hydrogens (tertiary/aromatic N) is 2. The molecule has 0 aromatic heterocycles. The van der Waals surface area contributed by atoms with E-state index in [2.05, 4.69) is 31.7 Å². The van der Waals surface area contributed by atoms with Crippen LogP contribution in [-0.4, -0.2) is 70.2 Å². The average Bonchev–Trinajstić information content (AvgIpc) is 3.02. The summed E-state index contributed by atoms with van der Waals surface area (Å²) >= 11 is 4.99. The molecule has 0 saturated carbocycles. The molecule has 0 radical (unpaired) electrons. The lowest BCUT2D eigenvalue weighted by molar-refractivity contribution is -0.140. The second-order valence-corrected chi connectivity index (χ2v) is 9.42. The van der Waals surface area contributed by atoms with Gasteiger partial charge in [-0.2, -0.15) is 0 Å². The van der Waals surface area contributed by atoms with Crippen molar-refractivity contribution in [3.8, 4) is 0 Å². The van der Waals surface area contributed by atoms with Crippen LogP contribution in [0, 0.1) is 0 Å². The van der Waals surface area contributed by atoms with Gasteiger partial charge in [0, 0.05) is 25.4 Å². The highest BCUT2D eigenvalue weighted by molar-refractivity contribution is 9.09. The molecular formula is C17H29BrN4O4S. The van der Waals surface area contributed by atoms with Crippen molar-refractivity contribution in [3.05, 3.63) is 0 Å². The highest BCUT2D eigenvalue weighted by Gasteiger charge is 2.40. The Bertz CT molecular complexity index is 564. The minimum atomic E-state index is -0.922. The molecule has 2 aliphatic heterocycles. The number of ether oxygens (including phenoxy) is 2. The molecule has 2 heterocycles. The Morgan fingerprint density at radius 2 is 2.19 bits per heavy atom. The molecule has 1 fully saturated rings. The third-order valence-corrected chi connectivity index (χ3v) is 5.92. The van der Waals surface area contributed by atoms with Gasteiger partial charge in [0.25, 0.3) is 5.91 Å². The zero-order chi connectivity index (χ0) is 20.0. The summed E-state index contributed by atoms with van der Waals surface area (Å²) in [6.07, 6.45) is 0.611. The Hall–Kier alpha value is -0.840. The second kappa shape index (κ2) is 10.1. The molecule has 10 heteroatoms. The van der Waals surface area contributed by atoms with Crippen molar-refractivity contribution in [2.24, 2.45) is 4.99 Å². The van der Waals surface area contributed by atoms with E-state index in [-0.39, 0.29) is 10.9 Å². The molecule has 0 bridgehead atoms. The largest absolute Gasteiger partial charge is 0.444 e. The molecular weight excluding hydrogens is 436 g/mol. The SMILES string of the molecule is CCO[C@H](C1=NC(Br)CS1)[C@H](NC(=O)OC(C)(C)C)C(=O)N1CCCCN1. The number of aliphatic imine (C=N–C) groups is 1. The Morgan fingerprint density at radius 1 is 1.44 bits per heavy atom. The van der Waals surface area contributed by atoms with Crippen LogP contribution < -0.4 is 10.7 Å². The van der Waals surface area contributed by atoms with Gasteiger partial charge in [0.05, 0.1) is 0 Å². The minimum Gasteiger partial charge on any atom is -0.444 e. The van der Waals surface area contributed by atoms with Crippen LogP contribution in [-0.2, 0) is 14.3 Å². The number of hydrazine groups is 1. The number of rotatable bonds is 6. The summed E-state index contributed by atoms with van der Waals surface area (Å²) in [6, 6.07) is -0.922. The maximum absolute atomic E-state index is 13.2. The van der Waals surface area contributed by atoms with Crippen molar-refractivity contribution in [1.29, 1.82) is 0 Å². The third-order valence-electron chi connectivity index (χ3n) is 3.84. The van der Waals surface area contributed by atoms with E-state index in [9.17, 15) is 9.59 Å². The zero-order valence-corrected chi connectivity index (χ0v) is 18.7. The summed E-state index contributed by atoms with van der Waals surface area (Å²) in [6.45, 7) is 8.90. The standard InChI is InChI=1S/C17H29BrN4O4S/c1-5-25-13(14-20-11(18)10-27-14)12(21-16(24)26-17(2,3)4)15(23)22-9-7-6-8-19-22/h11-13,19H,5-10H2,1-4H3,(H,21,24)/t11?,12-,13-/m0/s1. The highest BCUT2D eigenvalue weighted by Crippen LogP contribution is 2.27. The van der Waals surface area contributed by atoms with Crippen molar-refractivity contribution in [2.75, 3.05) is 25.4 Å². The predicted molar refractivity (Wildman–Crippen MR) is 110 cm³/mol. The second-order valence-electron chi connectivity index (χ2n) is 7.32. The normalized spacial score (nSPS) is 22.8. The fourth-order valence-corrected chi connectivity index (χ4v) is 4.46. The minimum absolute atomic E-state index is 0.0224.